The lowest BCUT2D eigenvalue weighted by Crippen LogP contribution is -2.44. The van der Waals surface area contributed by atoms with Gasteiger partial charge in [-0.25, -0.2) is 0 Å². The van der Waals surface area contributed by atoms with Crippen LogP contribution < -0.4 is 0 Å². The van der Waals surface area contributed by atoms with Crippen LogP contribution in [0.1, 0.15) is 86.5 Å². The van der Waals surface area contributed by atoms with Crippen LogP contribution in [0.4, 0.5) is 13.2 Å². The molecule has 0 atom stereocenters. The molecule has 2 aliphatic carbocycles. The average Bonchev–Trinajstić information content (AvgIpc) is 3.28. The zero-order valence-electron chi connectivity index (χ0n) is 21.3. The molecular weight excluding hydrogens is 544 g/mol. The number of aromatic nitrogens is 3. The molecule has 2 aromatic rings. The molecule has 208 valence electrons. The highest BCUT2D eigenvalue weighted by Gasteiger charge is 2.45. The van der Waals surface area contributed by atoms with Crippen molar-refractivity contribution in [3.63, 3.8) is 0 Å². The normalized spacial score (nSPS) is 23.1. The lowest BCUT2D eigenvalue weighted by molar-refractivity contribution is -0.152. The van der Waals surface area contributed by atoms with Crippen molar-refractivity contribution in [2.24, 2.45) is 10.8 Å². The van der Waals surface area contributed by atoms with Crippen LogP contribution in [0, 0.1) is 10.8 Å². The second kappa shape index (κ2) is 10.7. The molecule has 1 N–H and O–H groups in total. The molecule has 2 aliphatic rings. The van der Waals surface area contributed by atoms with Gasteiger partial charge in [-0.05, 0) is 62.8 Å². The number of alkyl halides is 3. The van der Waals surface area contributed by atoms with E-state index in [0.717, 1.165) is 30.1 Å². The van der Waals surface area contributed by atoms with Crippen molar-refractivity contribution in [2.45, 2.75) is 77.4 Å². The van der Waals surface area contributed by atoms with E-state index in [1.54, 1.807) is 6.92 Å². The minimum Gasteiger partial charge on any atom is -0.481 e. The highest BCUT2D eigenvalue weighted by atomic mass is 35.5. The van der Waals surface area contributed by atoms with E-state index < -0.39 is 40.8 Å². The standard InChI is InChI=1S/C26H31Cl2F3N4O3/c1-24(7-3-8-24)15-34(11-6-17-19(27)13-32-14-20(17)28)22(36)18-12-33-35(21(18)26(29,30)31)16-4-9-25(2,10-5-16)23(37)38/h12-14,16H,3-11,15H2,1-2H3,(H,37,38). The van der Waals surface area contributed by atoms with Gasteiger partial charge in [0.1, 0.15) is 0 Å². The largest absolute Gasteiger partial charge is 0.481 e. The SMILES string of the molecule is CC1(CN(CCc2c(Cl)cncc2Cl)C(=O)c2cnn(C3CCC(C)(C(=O)O)CC3)c2C(F)(F)F)CCC1. The van der Waals surface area contributed by atoms with Crippen LogP contribution >= 0.6 is 23.2 Å². The summed E-state index contributed by atoms with van der Waals surface area (Å²) >= 11 is 12.5. The smallest absolute Gasteiger partial charge is 0.433 e. The van der Waals surface area contributed by atoms with Crippen molar-refractivity contribution < 1.29 is 27.9 Å². The molecule has 0 radical (unpaired) electrons. The second-order valence-electron chi connectivity index (χ2n) is 11.2. The molecule has 2 heterocycles. The maximum Gasteiger partial charge on any atom is 0.433 e. The number of pyridine rings is 1. The monoisotopic (exact) mass is 574 g/mol. The van der Waals surface area contributed by atoms with Crippen LogP contribution in [-0.4, -0.2) is 49.7 Å². The second-order valence-corrected chi connectivity index (χ2v) is 12.0. The summed E-state index contributed by atoms with van der Waals surface area (Å²) in [6.45, 7) is 4.06. The van der Waals surface area contributed by atoms with E-state index in [1.807, 2.05) is 6.92 Å². The molecule has 4 rings (SSSR count). The molecule has 2 fully saturated rings. The van der Waals surface area contributed by atoms with Gasteiger partial charge < -0.3 is 10.0 Å². The number of hydrogen-bond acceptors (Lipinski definition) is 4. The van der Waals surface area contributed by atoms with Crippen LogP contribution in [0.5, 0.6) is 0 Å². The first-order valence-electron chi connectivity index (χ1n) is 12.7. The molecule has 2 saturated carbocycles. The highest BCUT2D eigenvalue weighted by molar-refractivity contribution is 6.35. The molecule has 0 spiro atoms. The number of carbonyl (C=O) groups excluding carboxylic acids is 1. The van der Waals surface area contributed by atoms with Crippen molar-refractivity contribution in [1.29, 1.82) is 0 Å². The van der Waals surface area contributed by atoms with Crippen molar-refractivity contribution in [2.75, 3.05) is 13.1 Å². The number of hydrogen-bond donors (Lipinski definition) is 1. The van der Waals surface area contributed by atoms with Gasteiger partial charge in [0.05, 0.1) is 33.3 Å². The van der Waals surface area contributed by atoms with Crippen LogP contribution in [0.25, 0.3) is 0 Å². The Morgan fingerprint density at radius 1 is 1.11 bits per heavy atom. The molecule has 2 aromatic heterocycles. The number of carboxylic acids is 1. The Kier molecular flexibility index (Phi) is 8.06. The van der Waals surface area contributed by atoms with E-state index in [2.05, 4.69) is 10.1 Å². The Labute approximate surface area is 229 Å². The van der Waals surface area contributed by atoms with E-state index in [0.29, 0.717) is 22.2 Å². The molecule has 1 amide bonds. The zero-order valence-corrected chi connectivity index (χ0v) is 22.8. The van der Waals surface area contributed by atoms with Gasteiger partial charge in [-0.2, -0.15) is 18.3 Å². The number of amides is 1. The fourth-order valence-electron chi connectivity index (χ4n) is 5.52. The Bertz CT molecular complexity index is 1180. The van der Waals surface area contributed by atoms with E-state index in [9.17, 15) is 27.9 Å². The van der Waals surface area contributed by atoms with Gasteiger partial charge in [-0.3, -0.25) is 19.3 Å². The molecule has 0 unspecified atom stereocenters. The van der Waals surface area contributed by atoms with Crippen LogP contribution in [-0.2, 0) is 17.4 Å². The lowest BCUT2D eigenvalue weighted by atomic mass is 9.70. The van der Waals surface area contributed by atoms with Crippen molar-refractivity contribution >= 4 is 35.1 Å². The van der Waals surface area contributed by atoms with Gasteiger partial charge in [0.15, 0.2) is 5.69 Å². The third-order valence-electron chi connectivity index (χ3n) is 8.22. The van der Waals surface area contributed by atoms with E-state index in [-0.39, 0.29) is 44.1 Å². The summed E-state index contributed by atoms with van der Waals surface area (Å²) < 4.78 is 44.1. The molecular formula is C26H31Cl2F3N4O3. The first-order valence-corrected chi connectivity index (χ1v) is 13.4. The predicted molar refractivity (Wildman–Crippen MR) is 136 cm³/mol. The fraction of sp³-hybridized carbons (Fsp3) is 0.615. The lowest BCUT2D eigenvalue weighted by Gasteiger charge is -2.42. The highest BCUT2D eigenvalue weighted by Crippen LogP contribution is 2.44. The molecule has 7 nitrogen and oxygen atoms in total. The Hall–Kier alpha value is -2.33. The number of aliphatic carboxylic acids is 1. The topological polar surface area (TPSA) is 88.3 Å². The molecule has 38 heavy (non-hydrogen) atoms. The number of nitrogens with zero attached hydrogens (tertiary/aromatic N) is 4. The van der Waals surface area contributed by atoms with Crippen molar-refractivity contribution in [1.82, 2.24) is 19.7 Å². The maximum atomic E-state index is 14.4. The molecule has 0 aliphatic heterocycles. The van der Waals surface area contributed by atoms with Gasteiger partial charge in [-0.15, -0.1) is 0 Å². The summed E-state index contributed by atoms with van der Waals surface area (Å²) in [5.74, 6) is -1.71. The Balaban J connectivity index is 1.63. The molecule has 0 saturated heterocycles. The fourth-order valence-corrected chi connectivity index (χ4v) is 6.08. The van der Waals surface area contributed by atoms with Crippen LogP contribution in [0.2, 0.25) is 10.0 Å². The summed E-state index contributed by atoms with van der Waals surface area (Å²) in [6.07, 6.45) is 2.98. The van der Waals surface area contributed by atoms with Gasteiger partial charge in [0.2, 0.25) is 0 Å². The van der Waals surface area contributed by atoms with Gasteiger partial charge >= 0.3 is 12.1 Å². The number of halogens is 5. The first kappa shape index (κ1) is 28.7. The summed E-state index contributed by atoms with van der Waals surface area (Å²) in [5.41, 5.74) is -2.17. The quantitative estimate of drug-likeness (QED) is 0.379. The Morgan fingerprint density at radius 2 is 1.71 bits per heavy atom. The van der Waals surface area contributed by atoms with Gasteiger partial charge in [0, 0.05) is 25.5 Å². The molecule has 12 heteroatoms. The van der Waals surface area contributed by atoms with E-state index >= 15 is 0 Å². The average molecular weight is 575 g/mol. The maximum absolute atomic E-state index is 14.4. The summed E-state index contributed by atoms with van der Waals surface area (Å²) in [6, 6.07) is -0.646. The van der Waals surface area contributed by atoms with E-state index in [1.165, 1.54) is 17.3 Å². The number of carbonyl (C=O) groups is 2. The molecule has 0 bridgehead atoms. The minimum absolute atomic E-state index is 0.126. The minimum atomic E-state index is -4.82. The molecule has 0 aromatic carbocycles. The van der Waals surface area contributed by atoms with Crippen molar-refractivity contribution in [3.8, 4) is 0 Å². The third-order valence-corrected chi connectivity index (χ3v) is 8.87. The summed E-state index contributed by atoms with van der Waals surface area (Å²) in [4.78, 5) is 30.7. The third kappa shape index (κ3) is 5.81. The van der Waals surface area contributed by atoms with Crippen molar-refractivity contribution in [3.05, 3.63) is 45.5 Å². The Morgan fingerprint density at radius 3 is 2.21 bits per heavy atom. The summed E-state index contributed by atoms with van der Waals surface area (Å²) in [5, 5.41) is 14.2. The number of carboxylic acid groups (broad SMARTS) is 1. The van der Waals surface area contributed by atoms with Crippen LogP contribution in [0.15, 0.2) is 18.6 Å². The van der Waals surface area contributed by atoms with Gasteiger partial charge in [-0.1, -0.05) is 36.5 Å². The predicted octanol–water partition coefficient (Wildman–Crippen LogP) is 6.68. The zero-order chi connectivity index (χ0) is 27.9. The first-order chi connectivity index (χ1) is 17.7. The summed E-state index contributed by atoms with van der Waals surface area (Å²) in [7, 11) is 0. The van der Waals surface area contributed by atoms with E-state index in [4.69, 9.17) is 23.2 Å². The van der Waals surface area contributed by atoms with Gasteiger partial charge in [0.25, 0.3) is 5.91 Å². The number of rotatable bonds is 8. The van der Waals surface area contributed by atoms with Crippen LogP contribution in [0.3, 0.4) is 0 Å².